The van der Waals surface area contributed by atoms with Crippen molar-refractivity contribution in [3.05, 3.63) is 36.2 Å². The molecule has 3 aromatic rings. The van der Waals surface area contributed by atoms with Crippen molar-refractivity contribution in [3.8, 4) is 5.75 Å². The van der Waals surface area contributed by atoms with Gasteiger partial charge in [-0.05, 0) is 18.2 Å². The van der Waals surface area contributed by atoms with Gasteiger partial charge in [-0.2, -0.15) is 13.2 Å². The van der Waals surface area contributed by atoms with Gasteiger partial charge in [0.25, 0.3) is 0 Å². The lowest BCUT2D eigenvalue weighted by Crippen LogP contribution is -2.08. The Morgan fingerprint density at radius 3 is 2.63 bits per heavy atom. The van der Waals surface area contributed by atoms with Crippen LogP contribution in [0.1, 0.15) is 5.69 Å². The highest BCUT2D eigenvalue weighted by Crippen LogP contribution is 2.36. The van der Waals surface area contributed by atoms with Gasteiger partial charge >= 0.3 is 6.18 Å². The number of ether oxygens (including phenoxy) is 1. The van der Waals surface area contributed by atoms with Crippen molar-refractivity contribution in [1.29, 1.82) is 0 Å². The number of pyridine rings is 1. The van der Waals surface area contributed by atoms with Crippen LogP contribution >= 0.6 is 0 Å². The zero-order valence-electron chi connectivity index (χ0n) is 9.88. The topological polar surface area (TPSA) is 37.9 Å². The number of nitrogens with zero attached hydrogens (tertiary/aromatic N) is 1. The average molecular weight is 266 g/mol. The van der Waals surface area contributed by atoms with E-state index in [1.807, 2.05) is 0 Å². The second-order valence-electron chi connectivity index (χ2n) is 4.12. The molecule has 0 saturated heterocycles. The molecule has 3 rings (SSSR count). The highest BCUT2D eigenvalue weighted by atomic mass is 19.4. The number of methoxy groups -OCH3 is 1. The van der Waals surface area contributed by atoms with Crippen molar-refractivity contribution in [2.24, 2.45) is 0 Å². The molecule has 1 N–H and O–H groups in total. The van der Waals surface area contributed by atoms with E-state index in [4.69, 9.17) is 4.74 Å². The highest BCUT2D eigenvalue weighted by molar-refractivity contribution is 6.08. The molecule has 0 atom stereocenters. The normalized spacial score (nSPS) is 12.2. The Hall–Kier alpha value is -2.24. The average Bonchev–Trinajstić information content (AvgIpc) is 2.74. The molecule has 0 unspecified atom stereocenters. The maximum absolute atomic E-state index is 12.9. The fraction of sp³-hybridized carbons (Fsp3) is 0.154. The second-order valence-corrected chi connectivity index (χ2v) is 4.12. The van der Waals surface area contributed by atoms with Crippen molar-refractivity contribution in [1.82, 2.24) is 9.97 Å². The predicted octanol–water partition coefficient (Wildman–Crippen LogP) is 3.74. The van der Waals surface area contributed by atoms with Gasteiger partial charge in [0.2, 0.25) is 0 Å². The first-order chi connectivity index (χ1) is 9.00. The van der Waals surface area contributed by atoms with Crippen LogP contribution in [0.5, 0.6) is 5.75 Å². The maximum Gasteiger partial charge on any atom is 0.435 e. The summed E-state index contributed by atoms with van der Waals surface area (Å²) in [4.78, 5) is 6.19. The fourth-order valence-electron chi connectivity index (χ4n) is 2.15. The molecular weight excluding hydrogens is 257 g/mol. The van der Waals surface area contributed by atoms with E-state index >= 15 is 0 Å². The molecule has 0 saturated carbocycles. The van der Waals surface area contributed by atoms with E-state index in [2.05, 4.69) is 9.97 Å². The molecule has 0 aliphatic rings. The third-order valence-corrected chi connectivity index (χ3v) is 3.00. The zero-order valence-corrected chi connectivity index (χ0v) is 9.88. The minimum Gasteiger partial charge on any atom is -0.497 e. The monoisotopic (exact) mass is 266 g/mol. The van der Waals surface area contributed by atoms with Crippen molar-refractivity contribution in [3.63, 3.8) is 0 Å². The van der Waals surface area contributed by atoms with Crippen molar-refractivity contribution < 1.29 is 17.9 Å². The minimum atomic E-state index is -4.48. The van der Waals surface area contributed by atoms with Crippen LogP contribution in [0, 0.1) is 0 Å². The standard InChI is InChI=1S/C13H9F3N2O/c1-19-7-2-3-8-9-4-5-17-12(13(14,15)16)11(9)18-10(8)6-7/h2-6,18H,1H3. The SMILES string of the molecule is COc1ccc2c(c1)[nH]c1c(C(F)(F)F)nccc12. The first-order valence-electron chi connectivity index (χ1n) is 5.52. The third-order valence-electron chi connectivity index (χ3n) is 3.00. The van der Waals surface area contributed by atoms with Gasteiger partial charge in [0.1, 0.15) is 5.75 Å². The van der Waals surface area contributed by atoms with Crippen LogP contribution in [0.2, 0.25) is 0 Å². The van der Waals surface area contributed by atoms with E-state index in [1.54, 1.807) is 24.3 Å². The Labute approximate surface area is 106 Å². The number of benzene rings is 1. The van der Waals surface area contributed by atoms with Crippen LogP contribution in [0.25, 0.3) is 21.8 Å². The predicted molar refractivity (Wildman–Crippen MR) is 65.2 cm³/mol. The molecule has 0 aliphatic carbocycles. The molecule has 98 valence electrons. The van der Waals surface area contributed by atoms with Gasteiger partial charge in [0.15, 0.2) is 5.69 Å². The van der Waals surface area contributed by atoms with Gasteiger partial charge in [-0.25, -0.2) is 4.98 Å². The molecule has 2 heterocycles. The molecule has 3 nitrogen and oxygen atoms in total. The molecule has 0 radical (unpaired) electrons. The maximum atomic E-state index is 12.9. The number of rotatable bonds is 1. The highest BCUT2D eigenvalue weighted by Gasteiger charge is 2.35. The van der Waals surface area contributed by atoms with Gasteiger partial charge in [0.05, 0.1) is 18.1 Å². The minimum absolute atomic E-state index is 0.00162. The largest absolute Gasteiger partial charge is 0.497 e. The number of nitrogens with one attached hydrogen (secondary N) is 1. The number of alkyl halides is 3. The van der Waals surface area contributed by atoms with Crippen LogP contribution in [-0.4, -0.2) is 17.1 Å². The summed E-state index contributed by atoms with van der Waals surface area (Å²) in [6, 6.07) is 6.67. The first kappa shape index (κ1) is 11.8. The first-order valence-corrected chi connectivity index (χ1v) is 5.52. The summed E-state index contributed by atoms with van der Waals surface area (Å²) in [5.41, 5.74) is -0.314. The lowest BCUT2D eigenvalue weighted by Gasteiger charge is -2.05. The van der Waals surface area contributed by atoms with E-state index in [0.29, 0.717) is 22.0 Å². The van der Waals surface area contributed by atoms with Crippen LogP contribution in [-0.2, 0) is 6.18 Å². The molecular formula is C13H9F3N2O. The molecule has 0 spiro atoms. The second kappa shape index (κ2) is 3.88. The lowest BCUT2D eigenvalue weighted by atomic mass is 10.1. The van der Waals surface area contributed by atoms with Gasteiger partial charge < -0.3 is 9.72 Å². The summed E-state index contributed by atoms with van der Waals surface area (Å²) < 4.78 is 43.7. The molecule has 1 aromatic carbocycles. The number of hydrogen-bond acceptors (Lipinski definition) is 2. The molecule has 0 bridgehead atoms. The molecule has 0 aliphatic heterocycles. The Bertz CT molecular complexity index is 761. The van der Waals surface area contributed by atoms with E-state index in [9.17, 15) is 13.2 Å². The van der Waals surface area contributed by atoms with Crippen LogP contribution in [0.4, 0.5) is 13.2 Å². The van der Waals surface area contributed by atoms with E-state index in [0.717, 1.165) is 0 Å². The number of aromatic amines is 1. The number of hydrogen-bond donors (Lipinski definition) is 1. The van der Waals surface area contributed by atoms with Crippen LogP contribution < -0.4 is 4.74 Å². The number of fused-ring (bicyclic) bond motifs is 3. The summed E-state index contributed by atoms with van der Waals surface area (Å²) in [6.07, 6.45) is -3.31. The van der Waals surface area contributed by atoms with Crippen LogP contribution in [0.15, 0.2) is 30.5 Å². The number of aromatic nitrogens is 2. The molecule has 19 heavy (non-hydrogen) atoms. The molecule has 6 heteroatoms. The van der Waals surface area contributed by atoms with E-state index < -0.39 is 11.9 Å². The smallest absolute Gasteiger partial charge is 0.435 e. The van der Waals surface area contributed by atoms with E-state index in [1.165, 1.54) is 13.3 Å². The summed E-state index contributed by atoms with van der Waals surface area (Å²) in [5.74, 6) is 0.584. The summed E-state index contributed by atoms with van der Waals surface area (Å²) >= 11 is 0. The summed E-state index contributed by atoms with van der Waals surface area (Å²) in [7, 11) is 1.51. The van der Waals surface area contributed by atoms with Gasteiger partial charge in [-0.15, -0.1) is 0 Å². The molecule has 0 amide bonds. The Morgan fingerprint density at radius 2 is 1.95 bits per heavy atom. The lowest BCUT2D eigenvalue weighted by molar-refractivity contribution is -0.139. The number of H-pyrrole nitrogens is 1. The fourth-order valence-corrected chi connectivity index (χ4v) is 2.15. The quantitative estimate of drug-likeness (QED) is 0.728. The third kappa shape index (κ3) is 1.80. The Kier molecular flexibility index (Phi) is 2.41. The Balaban J connectivity index is 2.39. The van der Waals surface area contributed by atoms with Gasteiger partial charge in [-0.1, -0.05) is 0 Å². The van der Waals surface area contributed by atoms with E-state index in [-0.39, 0.29) is 5.52 Å². The zero-order chi connectivity index (χ0) is 13.6. The summed E-state index contributed by atoms with van der Waals surface area (Å²) in [5, 5.41) is 1.21. The Morgan fingerprint density at radius 1 is 1.16 bits per heavy atom. The van der Waals surface area contributed by atoms with Gasteiger partial charge in [-0.3, -0.25) is 0 Å². The molecule has 2 aromatic heterocycles. The summed E-state index contributed by atoms with van der Waals surface area (Å²) in [6.45, 7) is 0. The van der Waals surface area contributed by atoms with Crippen molar-refractivity contribution >= 4 is 21.8 Å². The van der Waals surface area contributed by atoms with Crippen LogP contribution in [0.3, 0.4) is 0 Å². The van der Waals surface area contributed by atoms with Crippen molar-refractivity contribution in [2.75, 3.05) is 7.11 Å². The van der Waals surface area contributed by atoms with Crippen molar-refractivity contribution in [2.45, 2.75) is 6.18 Å². The number of halogens is 3. The van der Waals surface area contributed by atoms with Gasteiger partial charge in [0, 0.05) is 23.0 Å². The molecule has 0 fully saturated rings.